The number of nitrogens with one attached hydrogen (secondary N) is 1. The molecular formula is C17H26N2O2. The van der Waals surface area contributed by atoms with Crippen molar-refractivity contribution in [1.29, 1.82) is 0 Å². The number of nitrogens with zero attached hydrogens (tertiary/aromatic N) is 1. The van der Waals surface area contributed by atoms with E-state index in [4.69, 9.17) is 4.74 Å². The number of likely N-dealkylation sites (tertiary alicyclic amines) is 1. The van der Waals surface area contributed by atoms with Crippen LogP contribution < -0.4 is 10.1 Å². The maximum atomic E-state index is 12.2. The number of hydrogen-bond donors (Lipinski definition) is 1. The fraction of sp³-hybridized carbons (Fsp3) is 0.588. The Labute approximate surface area is 127 Å². The first-order valence-corrected chi connectivity index (χ1v) is 7.85. The first kappa shape index (κ1) is 15.8. The summed E-state index contributed by atoms with van der Waals surface area (Å²) in [5, 5.41) is 3.11. The Morgan fingerprint density at radius 2 is 2.05 bits per heavy atom. The molecule has 0 unspecified atom stereocenters. The van der Waals surface area contributed by atoms with Crippen molar-refractivity contribution >= 4 is 5.91 Å². The van der Waals surface area contributed by atoms with E-state index >= 15 is 0 Å². The summed E-state index contributed by atoms with van der Waals surface area (Å²) in [5.41, 5.74) is 1.05. The highest BCUT2D eigenvalue weighted by atomic mass is 16.5. The molecule has 4 nitrogen and oxygen atoms in total. The molecule has 1 aromatic rings. The third kappa shape index (κ3) is 4.46. The highest BCUT2D eigenvalue weighted by molar-refractivity contribution is 5.81. The second-order valence-electron chi connectivity index (χ2n) is 5.74. The molecule has 2 rings (SSSR count). The maximum absolute atomic E-state index is 12.2. The second-order valence-corrected chi connectivity index (χ2v) is 5.74. The summed E-state index contributed by atoms with van der Waals surface area (Å²) >= 11 is 0. The predicted molar refractivity (Wildman–Crippen MR) is 84.5 cm³/mol. The van der Waals surface area contributed by atoms with E-state index in [1.54, 1.807) is 0 Å². The number of piperidine rings is 1. The Hall–Kier alpha value is -1.55. The normalized spacial score (nSPS) is 18.2. The molecule has 0 saturated carbocycles. The molecule has 0 aromatic heterocycles. The van der Waals surface area contributed by atoms with Crippen molar-refractivity contribution in [2.24, 2.45) is 0 Å². The molecule has 1 fully saturated rings. The monoisotopic (exact) mass is 290 g/mol. The Bertz CT molecular complexity index is 468. The quantitative estimate of drug-likeness (QED) is 0.905. The van der Waals surface area contributed by atoms with Crippen LogP contribution in [0, 0.1) is 6.92 Å². The van der Waals surface area contributed by atoms with Crippen molar-refractivity contribution in [3.8, 4) is 5.75 Å². The van der Waals surface area contributed by atoms with Crippen molar-refractivity contribution in [1.82, 2.24) is 10.2 Å². The highest BCUT2D eigenvalue weighted by Gasteiger charge is 2.23. The second kappa shape index (κ2) is 7.46. The number of hydrogen-bond acceptors (Lipinski definition) is 3. The van der Waals surface area contributed by atoms with Gasteiger partial charge < -0.3 is 15.0 Å². The molecule has 0 spiro atoms. The zero-order valence-electron chi connectivity index (χ0n) is 13.3. The molecular weight excluding hydrogens is 264 g/mol. The van der Waals surface area contributed by atoms with E-state index in [1.165, 1.54) is 0 Å². The lowest BCUT2D eigenvalue weighted by Gasteiger charge is -2.32. The van der Waals surface area contributed by atoms with Gasteiger partial charge in [0, 0.05) is 19.1 Å². The topological polar surface area (TPSA) is 41.6 Å². The van der Waals surface area contributed by atoms with Gasteiger partial charge in [-0.25, -0.2) is 0 Å². The van der Waals surface area contributed by atoms with Crippen LogP contribution in [-0.4, -0.2) is 42.6 Å². The van der Waals surface area contributed by atoms with Gasteiger partial charge >= 0.3 is 0 Å². The van der Waals surface area contributed by atoms with Crippen LogP contribution in [-0.2, 0) is 4.79 Å². The van der Waals surface area contributed by atoms with Gasteiger partial charge in [-0.3, -0.25) is 4.79 Å². The van der Waals surface area contributed by atoms with Gasteiger partial charge in [-0.15, -0.1) is 0 Å². The lowest BCUT2D eigenvalue weighted by molar-refractivity contribution is -0.128. The van der Waals surface area contributed by atoms with Crippen molar-refractivity contribution in [3.05, 3.63) is 29.8 Å². The number of carbonyl (C=O) groups excluding carboxylic acids is 1. The third-order valence-electron chi connectivity index (χ3n) is 4.15. The third-order valence-corrected chi connectivity index (χ3v) is 4.15. The summed E-state index contributed by atoms with van der Waals surface area (Å²) < 4.78 is 5.77. The highest BCUT2D eigenvalue weighted by Crippen LogP contribution is 2.18. The summed E-state index contributed by atoms with van der Waals surface area (Å²) in [4.78, 5) is 14.6. The Kier molecular flexibility index (Phi) is 5.62. The molecule has 1 heterocycles. The van der Waals surface area contributed by atoms with Crippen molar-refractivity contribution in [2.45, 2.75) is 45.8 Å². The van der Waals surface area contributed by atoms with E-state index < -0.39 is 6.10 Å². The van der Waals surface area contributed by atoms with E-state index in [2.05, 4.69) is 17.1 Å². The molecule has 1 aromatic carbocycles. The van der Waals surface area contributed by atoms with Crippen LogP contribution >= 0.6 is 0 Å². The summed E-state index contributed by atoms with van der Waals surface area (Å²) in [6.07, 6.45) is 1.59. The fourth-order valence-corrected chi connectivity index (χ4v) is 2.64. The number of aryl methyl sites for hydroxylation is 1. The van der Waals surface area contributed by atoms with Crippen LogP contribution in [0.2, 0.25) is 0 Å². The van der Waals surface area contributed by atoms with E-state index in [0.717, 1.165) is 43.8 Å². The predicted octanol–water partition coefficient (Wildman–Crippen LogP) is 2.36. The number of para-hydroxylation sites is 1. The zero-order valence-corrected chi connectivity index (χ0v) is 13.3. The maximum Gasteiger partial charge on any atom is 0.260 e. The molecule has 0 aliphatic carbocycles. The van der Waals surface area contributed by atoms with Gasteiger partial charge in [0.25, 0.3) is 5.91 Å². The molecule has 21 heavy (non-hydrogen) atoms. The standard InChI is InChI=1S/C17H26N2O2/c1-4-19-11-9-15(10-12-19)18-17(20)14(3)21-16-8-6-5-7-13(16)2/h5-8,14-15H,4,9-12H2,1-3H3,(H,18,20)/t14-/m0/s1. The van der Waals surface area contributed by atoms with Crippen molar-refractivity contribution < 1.29 is 9.53 Å². The Morgan fingerprint density at radius 1 is 1.38 bits per heavy atom. The van der Waals surface area contributed by atoms with E-state index in [-0.39, 0.29) is 11.9 Å². The minimum atomic E-state index is -0.463. The van der Waals surface area contributed by atoms with E-state index in [1.807, 2.05) is 38.1 Å². The molecule has 1 aliphatic rings. The van der Waals surface area contributed by atoms with Gasteiger partial charge in [0.1, 0.15) is 5.75 Å². The summed E-state index contributed by atoms with van der Waals surface area (Å²) in [6.45, 7) is 9.19. The number of ether oxygens (including phenoxy) is 1. The molecule has 1 aliphatic heterocycles. The molecule has 1 saturated heterocycles. The van der Waals surface area contributed by atoms with Crippen LogP contribution in [0.25, 0.3) is 0 Å². The number of carbonyl (C=O) groups is 1. The van der Waals surface area contributed by atoms with Crippen molar-refractivity contribution in [3.63, 3.8) is 0 Å². The van der Waals surface area contributed by atoms with E-state index in [0.29, 0.717) is 0 Å². The average Bonchev–Trinajstić information content (AvgIpc) is 2.50. The van der Waals surface area contributed by atoms with Crippen LogP contribution in [0.3, 0.4) is 0 Å². The first-order chi connectivity index (χ1) is 10.1. The van der Waals surface area contributed by atoms with Gasteiger partial charge in [-0.05, 0) is 44.9 Å². The first-order valence-electron chi connectivity index (χ1n) is 7.85. The van der Waals surface area contributed by atoms with Crippen LogP contribution in [0.5, 0.6) is 5.75 Å². The van der Waals surface area contributed by atoms with Gasteiger partial charge in [-0.2, -0.15) is 0 Å². The van der Waals surface area contributed by atoms with Gasteiger partial charge in [0.05, 0.1) is 0 Å². The molecule has 1 amide bonds. The molecule has 1 N–H and O–H groups in total. The molecule has 0 bridgehead atoms. The summed E-state index contributed by atoms with van der Waals surface area (Å²) in [5.74, 6) is 0.758. The average molecular weight is 290 g/mol. The summed E-state index contributed by atoms with van der Waals surface area (Å²) in [7, 11) is 0. The van der Waals surface area contributed by atoms with Gasteiger partial charge in [-0.1, -0.05) is 25.1 Å². The minimum Gasteiger partial charge on any atom is -0.481 e. The van der Waals surface area contributed by atoms with Gasteiger partial charge in [0.15, 0.2) is 6.10 Å². The zero-order chi connectivity index (χ0) is 15.2. The molecule has 0 radical (unpaired) electrons. The van der Waals surface area contributed by atoms with Crippen LogP contribution in [0.15, 0.2) is 24.3 Å². The lowest BCUT2D eigenvalue weighted by Crippen LogP contribution is -2.48. The molecule has 1 atom stereocenters. The Morgan fingerprint density at radius 3 is 2.67 bits per heavy atom. The number of rotatable bonds is 5. The van der Waals surface area contributed by atoms with Gasteiger partial charge in [0.2, 0.25) is 0 Å². The van der Waals surface area contributed by atoms with Crippen molar-refractivity contribution in [2.75, 3.05) is 19.6 Å². The molecule has 4 heteroatoms. The van der Waals surface area contributed by atoms with Crippen LogP contribution in [0.4, 0.5) is 0 Å². The minimum absolute atomic E-state index is 0.0202. The molecule has 116 valence electrons. The lowest BCUT2D eigenvalue weighted by atomic mass is 10.0. The Balaban J connectivity index is 1.82. The van der Waals surface area contributed by atoms with E-state index in [9.17, 15) is 4.79 Å². The fourth-order valence-electron chi connectivity index (χ4n) is 2.64. The number of amides is 1. The smallest absolute Gasteiger partial charge is 0.260 e. The SMILES string of the molecule is CCN1CCC(NC(=O)[C@H](C)Oc2ccccc2C)CC1. The largest absolute Gasteiger partial charge is 0.481 e. The summed E-state index contributed by atoms with van der Waals surface area (Å²) in [6, 6.07) is 8.06. The van der Waals surface area contributed by atoms with Crippen LogP contribution in [0.1, 0.15) is 32.3 Å². The number of benzene rings is 1.